The monoisotopic (exact) mass is 333 g/mol. The molecule has 0 atom stereocenters. The number of nitrogens with zero attached hydrogens (tertiary/aromatic N) is 1. The standard InChI is InChI=1S/C18H23NOS2/c1-12(2)11-19-16(20)15(22-17(19)21)10-13-6-8-14(9-7-13)18(3,4)5/h6-10,12H,11H2,1-5H3/b15-10+. The molecule has 1 saturated heterocycles. The Hall–Kier alpha value is -1.13. The van der Waals surface area contributed by atoms with Crippen molar-refractivity contribution in [3.05, 3.63) is 40.3 Å². The minimum absolute atomic E-state index is 0.0311. The summed E-state index contributed by atoms with van der Waals surface area (Å²) in [5, 5.41) is 0. The van der Waals surface area contributed by atoms with E-state index in [1.807, 2.05) is 6.08 Å². The summed E-state index contributed by atoms with van der Waals surface area (Å²) in [5.74, 6) is 0.441. The molecule has 22 heavy (non-hydrogen) atoms. The molecule has 0 bridgehead atoms. The van der Waals surface area contributed by atoms with Gasteiger partial charge in [-0.25, -0.2) is 0 Å². The highest BCUT2D eigenvalue weighted by Crippen LogP contribution is 2.33. The molecule has 1 aromatic carbocycles. The quantitative estimate of drug-likeness (QED) is 0.583. The zero-order valence-electron chi connectivity index (χ0n) is 13.8. The number of thiocarbonyl (C=S) groups is 1. The van der Waals surface area contributed by atoms with Gasteiger partial charge in [-0.2, -0.15) is 0 Å². The van der Waals surface area contributed by atoms with E-state index in [4.69, 9.17) is 12.2 Å². The van der Waals surface area contributed by atoms with E-state index in [2.05, 4.69) is 58.9 Å². The molecule has 0 N–H and O–H groups in total. The fourth-order valence-corrected chi connectivity index (χ4v) is 3.53. The zero-order valence-corrected chi connectivity index (χ0v) is 15.5. The van der Waals surface area contributed by atoms with Gasteiger partial charge in [-0.15, -0.1) is 0 Å². The van der Waals surface area contributed by atoms with Crippen molar-refractivity contribution in [1.29, 1.82) is 0 Å². The molecule has 2 nitrogen and oxygen atoms in total. The summed E-state index contributed by atoms with van der Waals surface area (Å²) >= 11 is 6.72. The van der Waals surface area contributed by atoms with Crippen LogP contribution in [0.3, 0.4) is 0 Å². The first-order valence-corrected chi connectivity index (χ1v) is 8.77. The van der Waals surface area contributed by atoms with Crippen molar-refractivity contribution in [3.63, 3.8) is 0 Å². The molecule has 0 saturated carbocycles. The first kappa shape index (κ1) is 17.2. The third-order valence-corrected chi connectivity index (χ3v) is 4.87. The second-order valence-corrected chi connectivity index (χ2v) is 8.73. The molecule has 0 aliphatic carbocycles. The number of amides is 1. The van der Waals surface area contributed by atoms with E-state index in [9.17, 15) is 4.79 Å². The highest BCUT2D eigenvalue weighted by molar-refractivity contribution is 8.26. The maximum Gasteiger partial charge on any atom is 0.266 e. The molecule has 1 aromatic rings. The average Bonchev–Trinajstić information content (AvgIpc) is 2.66. The molecule has 1 fully saturated rings. The minimum Gasteiger partial charge on any atom is -0.293 e. The van der Waals surface area contributed by atoms with Gasteiger partial charge in [0, 0.05) is 6.54 Å². The highest BCUT2D eigenvalue weighted by atomic mass is 32.2. The van der Waals surface area contributed by atoms with Crippen LogP contribution < -0.4 is 0 Å². The van der Waals surface area contributed by atoms with Crippen LogP contribution in [0, 0.1) is 5.92 Å². The molecular formula is C18H23NOS2. The Labute approximate surface area is 143 Å². The summed E-state index contributed by atoms with van der Waals surface area (Å²) in [6.45, 7) is 11.4. The number of carbonyl (C=O) groups is 1. The Morgan fingerprint density at radius 1 is 1.23 bits per heavy atom. The first-order chi connectivity index (χ1) is 10.2. The fraction of sp³-hybridized carbons (Fsp3) is 0.444. The highest BCUT2D eigenvalue weighted by Gasteiger charge is 2.32. The lowest BCUT2D eigenvalue weighted by molar-refractivity contribution is -0.122. The Kier molecular flexibility index (Phi) is 5.13. The maximum atomic E-state index is 12.4. The van der Waals surface area contributed by atoms with Gasteiger partial charge in [-0.1, -0.05) is 82.9 Å². The number of carbonyl (C=O) groups excluding carboxylic acids is 1. The maximum absolute atomic E-state index is 12.4. The van der Waals surface area contributed by atoms with E-state index < -0.39 is 0 Å². The zero-order chi connectivity index (χ0) is 16.5. The Morgan fingerprint density at radius 3 is 2.32 bits per heavy atom. The average molecular weight is 334 g/mol. The largest absolute Gasteiger partial charge is 0.293 e. The minimum atomic E-state index is 0.0311. The summed E-state index contributed by atoms with van der Waals surface area (Å²) < 4.78 is 0.663. The molecule has 1 amide bonds. The third-order valence-electron chi connectivity index (χ3n) is 3.50. The van der Waals surface area contributed by atoms with Crippen LogP contribution in [0.4, 0.5) is 0 Å². The summed E-state index contributed by atoms with van der Waals surface area (Å²) in [6.07, 6.45) is 1.94. The van der Waals surface area contributed by atoms with Crippen LogP contribution in [-0.2, 0) is 10.2 Å². The summed E-state index contributed by atoms with van der Waals surface area (Å²) in [4.78, 5) is 14.9. The SMILES string of the molecule is CC(C)CN1C(=O)/C(=C\c2ccc(C(C)(C)C)cc2)SC1=S. The van der Waals surface area contributed by atoms with E-state index in [0.29, 0.717) is 21.7 Å². The normalized spacial score (nSPS) is 17.9. The molecule has 4 heteroatoms. The van der Waals surface area contributed by atoms with Gasteiger partial charge in [-0.3, -0.25) is 9.69 Å². The predicted octanol–water partition coefficient (Wildman–Crippen LogP) is 4.84. The summed E-state index contributed by atoms with van der Waals surface area (Å²) in [6, 6.07) is 8.38. The van der Waals surface area contributed by atoms with Gasteiger partial charge in [-0.05, 0) is 28.5 Å². The molecule has 0 spiro atoms. The number of rotatable bonds is 3. The van der Waals surface area contributed by atoms with E-state index in [-0.39, 0.29) is 11.3 Å². The third kappa shape index (κ3) is 3.99. The molecule has 1 heterocycles. The van der Waals surface area contributed by atoms with Crippen molar-refractivity contribution >= 4 is 40.3 Å². The van der Waals surface area contributed by atoms with E-state index in [0.717, 1.165) is 5.56 Å². The van der Waals surface area contributed by atoms with Crippen molar-refractivity contribution < 1.29 is 4.79 Å². The number of hydrogen-bond donors (Lipinski definition) is 0. The Morgan fingerprint density at radius 2 is 1.82 bits per heavy atom. The lowest BCUT2D eigenvalue weighted by Gasteiger charge is -2.18. The molecule has 0 aromatic heterocycles. The van der Waals surface area contributed by atoms with Crippen LogP contribution in [0.15, 0.2) is 29.2 Å². The smallest absolute Gasteiger partial charge is 0.266 e. The number of benzene rings is 1. The molecule has 2 rings (SSSR count). The van der Waals surface area contributed by atoms with Gasteiger partial charge in [0.15, 0.2) is 0 Å². The molecular weight excluding hydrogens is 310 g/mol. The van der Waals surface area contributed by atoms with E-state index in [1.54, 1.807) is 4.90 Å². The summed E-state index contributed by atoms with van der Waals surface area (Å²) in [7, 11) is 0. The fourth-order valence-electron chi connectivity index (χ4n) is 2.25. The Balaban J connectivity index is 2.20. The molecule has 1 aliphatic rings. The van der Waals surface area contributed by atoms with Crippen LogP contribution in [0.25, 0.3) is 6.08 Å². The van der Waals surface area contributed by atoms with Crippen LogP contribution in [0.5, 0.6) is 0 Å². The summed E-state index contributed by atoms with van der Waals surface area (Å²) in [5.41, 5.74) is 2.47. The number of thioether (sulfide) groups is 1. The van der Waals surface area contributed by atoms with E-state index >= 15 is 0 Å². The van der Waals surface area contributed by atoms with Crippen molar-refractivity contribution in [2.24, 2.45) is 5.92 Å². The lowest BCUT2D eigenvalue weighted by atomic mass is 9.87. The van der Waals surface area contributed by atoms with Gasteiger partial charge in [0.1, 0.15) is 4.32 Å². The lowest BCUT2D eigenvalue weighted by Crippen LogP contribution is -2.31. The van der Waals surface area contributed by atoms with Crippen LogP contribution >= 0.6 is 24.0 Å². The second-order valence-electron chi connectivity index (χ2n) is 7.06. The topological polar surface area (TPSA) is 20.3 Å². The van der Waals surface area contributed by atoms with Crippen molar-refractivity contribution in [2.75, 3.05) is 6.54 Å². The van der Waals surface area contributed by atoms with Gasteiger partial charge < -0.3 is 0 Å². The van der Waals surface area contributed by atoms with Gasteiger partial charge in [0.05, 0.1) is 4.91 Å². The molecule has 1 aliphatic heterocycles. The van der Waals surface area contributed by atoms with Gasteiger partial charge >= 0.3 is 0 Å². The van der Waals surface area contributed by atoms with Crippen molar-refractivity contribution in [1.82, 2.24) is 4.90 Å². The molecule has 118 valence electrons. The number of hydrogen-bond acceptors (Lipinski definition) is 3. The predicted molar refractivity (Wildman–Crippen MR) is 99.9 cm³/mol. The van der Waals surface area contributed by atoms with Gasteiger partial charge in [0.2, 0.25) is 0 Å². The van der Waals surface area contributed by atoms with Crippen LogP contribution in [0.2, 0.25) is 0 Å². The second kappa shape index (κ2) is 6.55. The molecule has 0 radical (unpaired) electrons. The van der Waals surface area contributed by atoms with Crippen LogP contribution in [-0.4, -0.2) is 21.7 Å². The van der Waals surface area contributed by atoms with Gasteiger partial charge in [0.25, 0.3) is 5.91 Å². The first-order valence-electron chi connectivity index (χ1n) is 7.54. The van der Waals surface area contributed by atoms with Crippen molar-refractivity contribution in [3.8, 4) is 0 Å². The Bertz CT molecular complexity index is 609. The van der Waals surface area contributed by atoms with Crippen molar-refractivity contribution in [2.45, 2.75) is 40.0 Å². The van der Waals surface area contributed by atoms with E-state index in [1.165, 1.54) is 17.3 Å². The van der Waals surface area contributed by atoms with Crippen LogP contribution in [0.1, 0.15) is 45.7 Å². The molecule has 0 unspecified atom stereocenters.